The van der Waals surface area contributed by atoms with Crippen molar-refractivity contribution in [2.45, 2.75) is 38.8 Å². The first kappa shape index (κ1) is 15.9. The van der Waals surface area contributed by atoms with E-state index in [2.05, 4.69) is 28.0 Å². The molecule has 0 radical (unpaired) electrons. The second-order valence-corrected chi connectivity index (χ2v) is 6.83. The third kappa shape index (κ3) is 2.81. The molecule has 1 N–H and O–H groups in total. The predicted octanol–water partition coefficient (Wildman–Crippen LogP) is 2.77. The molecule has 6 nitrogen and oxygen atoms in total. The SMILES string of the molecule is CCn1c(C(C)NC(=O)C2CC2c2cnn(C)c2)nc2ccccc21. The smallest absolute Gasteiger partial charge is 0.224 e. The van der Waals surface area contributed by atoms with Gasteiger partial charge in [-0.1, -0.05) is 12.1 Å². The highest BCUT2D eigenvalue weighted by Gasteiger charge is 2.45. The van der Waals surface area contributed by atoms with Crippen molar-refractivity contribution < 1.29 is 4.79 Å². The summed E-state index contributed by atoms with van der Waals surface area (Å²) in [4.78, 5) is 17.4. The summed E-state index contributed by atoms with van der Waals surface area (Å²) < 4.78 is 3.96. The van der Waals surface area contributed by atoms with Gasteiger partial charge >= 0.3 is 0 Å². The molecule has 2 heterocycles. The number of carbonyl (C=O) groups is 1. The number of nitrogens with one attached hydrogen (secondary N) is 1. The Bertz CT molecular complexity index is 925. The third-order valence-corrected chi connectivity index (χ3v) is 5.03. The number of fused-ring (bicyclic) bond motifs is 1. The minimum absolute atomic E-state index is 0.0473. The van der Waals surface area contributed by atoms with E-state index in [1.807, 2.05) is 44.6 Å². The van der Waals surface area contributed by atoms with Crippen LogP contribution in [0.2, 0.25) is 0 Å². The summed E-state index contributed by atoms with van der Waals surface area (Å²) in [5.74, 6) is 1.36. The van der Waals surface area contributed by atoms with E-state index in [1.165, 1.54) is 0 Å². The molecule has 1 amide bonds. The van der Waals surface area contributed by atoms with Crippen LogP contribution in [0.4, 0.5) is 0 Å². The first-order chi connectivity index (χ1) is 12.1. The summed E-state index contributed by atoms with van der Waals surface area (Å²) in [6.45, 7) is 4.94. The molecule has 3 unspecified atom stereocenters. The molecule has 2 aromatic heterocycles. The van der Waals surface area contributed by atoms with E-state index in [1.54, 1.807) is 4.68 Å². The number of hydrogen-bond acceptors (Lipinski definition) is 3. The monoisotopic (exact) mass is 337 g/mol. The van der Waals surface area contributed by atoms with Gasteiger partial charge in [0.05, 0.1) is 23.3 Å². The molecule has 1 aromatic carbocycles. The average Bonchev–Trinajstić information content (AvgIpc) is 3.14. The maximum absolute atomic E-state index is 12.6. The molecular weight excluding hydrogens is 314 g/mol. The van der Waals surface area contributed by atoms with Gasteiger partial charge in [0.15, 0.2) is 0 Å². The van der Waals surface area contributed by atoms with Crippen LogP contribution >= 0.6 is 0 Å². The molecule has 1 aliphatic carbocycles. The first-order valence-corrected chi connectivity index (χ1v) is 8.82. The lowest BCUT2D eigenvalue weighted by molar-refractivity contribution is -0.123. The zero-order valence-electron chi connectivity index (χ0n) is 14.8. The fourth-order valence-corrected chi connectivity index (χ4v) is 3.63. The highest BCUT2D eigenvalue weighted by Crippen LogP contribution is 2.47. The molecule has 4 rings (SSSR count). The number of aromatic nitrogens is 4. The first-order valence-electron chi connectivity index (χ1n) is 8.82. The predicted molar refractivity (Wildman–Crippen MR) is 96.0 cm³/mol. The Hall–Kier alpha value is -2.63. The van der Waals surface area contributed by atoms with Crippen molar-refractivity contribution in [3.05, 3.63) is 48.0 Å². The fraction of sp³-hybridized carbons (Fsp3) is 0.421. The minimum Gasteiger partial charge on any atom is -0.346 e. The van der Waals surface area contributed by atoms with Gasteiger partial charge in [-0.05, 0) is 43.9 Å². The molecule has 25 heavy (non-hydrogen) atoms. The van der Waals surface area contributed by atoms with Gasteiger partial charge in [-0.25, -0.2) is 4.98 Å². The topological polar surface area (TPSA) is 64.7 Å². The Morgan fingerprint density at radius 3 is 2.92 bits per heavy atom. The lowest BCUT2D eigenvalue weighted by Gasteiger charge is -2.15. The number of hydrogen-bond donors (Lipinski definition) is 1. The second-order valence-electron chi connectivity index (χ2n) is 6.83. The van der Waals surface area contributed by atoms with E-state index in [0.717, 1.165) is 35.4 Å². The maximum Gasteiger partial charge on any atom is 0.224 e. The molecule has 0 saturated heterocycles. The van der Waals surface area contributed by atoms with E-state index >= 15 is 0 Å². The zero-order chi connectivity index (χ0) is 17.6. The van der Waals surface area contributed by atoms with Crippen LogP contribution in [0.25, 0.3) is 11.0 Å². The molecular formula is C19H23N5O. The van der Waals surface area contributed by atoms with Gasteiger partial charge in [-0.2, -0.15) is 5.10 Å². The maximum atomic E-state index is 12.6. The zero-order valence-corrected chi connectivity index (χ0v) is 14.8. The average molecular weight is 337 g/mol. The molecule has 1 aliphatic rings. The van der Waals surface area contributed by atoms with E-state index in [0.29, 0.717) is 5.92 Å². The second kappa shape index (κ2) is 6.02. The summed E-state index contributed by atoms with van der Waals surface area (Å²) in [7, 11) is 1.90. The summed E-state index contributed by atoms with van der Waals surface area (Å²) in [6, 6.07) is 7.98. The number of carbonyl (C=O) groups excluding carboxylic acids is 1. The van der Waals surface area contributed by atoms with Crippen LogP contribution in [0.3, 0.4) is 0 Å². The van der Waals surface area contributed by atoms with Crippen molar-refractivity contribution in [1.29, 1.82) is 0 Å². The molecule has 130 valence electrons. The summed E-state index contributed by atoms with van der Waals surface area (Å²) in [5.41, 5.74) is 3.23. The van der Waals surface area contributed by atoms with Gasteiger partial charge in [0.1, 0.15) is 5.82 Å². The third-order valence-electron chi connectivity index (χ3n) is 5.03. The van der Waals surface area contributed by atoms with Crippen molar-refractivity contribution >= 4 is 16.9 Å². The van der Waals surface area contributed by atoms with E-state index in [4.69, 9.17) is 4.98 Å². The molecule has 3 aromatic rings. The van der Waals surface area contributed by atoms with Crippen LogP contribution < -0.4 is 5.32 Å². The molecule has 1 saturated carbocycles. The number of rotatable bonds is 5. The van der Waals surface area contributed by atoms with Gasteiger partial charge < -0.3 is 9.88 Å². The fourth-order valence-electron chi connectivity index (χ4n) is 3.63. The molecule has 3 atom stereocenters. The van der Waals surface area contributed by atoms with Crippen molar-refractivity contribution in [2.24, 2.45) is 13.0 Å². The van der Waals surface area contributed by atoms with E-state index in [-0.39, 0.29) is 17.9 Å². The molecule has 0 bridgehead atoms. The quantitative estimate of drug-likeness (QED) is 0.778. The van der Waals surface area contributed by atoms with Crippen LogP contribution in [0.15, 0.2) is 36.7 Å². The summed E-state index contributed by atoms with van der Waals surface area (Å²) >= 11 is 0. The normalized spacial score (nSPS) is 20.6. The number of amides is 1. The Kier molecular flexibility index (Phi) is 3.82. The summed E-state index contributed by atoms with van der Waals surface area (Å²) in [5, 5.41) is 7.35. The van der Waals surface area contributed by atoms with Crippen LogP contribution in [0.1, 0.15) is 43.6 Å². The summed E-state index contributed by atoms with van der Waals surface area (Å²) in [6.07, 6.45) is 4.75. The van der Waals surface area contributed by atoms with Gasteiger partial charge in [0.25, 0.3) is 0 Å². The largest absolute Gasteiger partial charge is 0.346 e. The number of nitrogens with zero attached hydrogens (tertiary/aromatic N) is 4. The molecule has 0 aliphatic heterocycles. The number of para-hydroxylation sites is 2. The lowest BCUT2D eigenvalue weighted by Crippen LogP contribution is -2.30. The van der Waals surface area contributed by atoms with Crippen molar-refractivity contribution in [2.75, 3.05) is 0 Å². The van der Waals surface area contributed by atoms with Crippen LogP contribution in [0.5, 0.6) is 0 Å². The Labute approximate surface area is 146 Å². The molecule has 1 fully saturated rings. The van der Waals surface area contributed by atoms with Crippen molar-refractivity contribution in [1.82, 2.24) is 24.6 Å². The highest BCUT2D eigenvalue weighted by atomic mass is 16.2. The van der Waals surface area contributed by atoms with Crippen LogP contribution in [0, 0.1) is 5.92 Å². The number of aryl methyl sites for hydroxylation is 2. The van der Waals surface area contributed by atoms with E-state index < -0.39 is 0 Å². The Morgan fingerprint density at radius 2 is 2.20 bits per heavy atom. The van der Waals surface area contributed by atoms with Crippen LogP contribution in [-0.4, -0.2) is 25.2 Å². The standard InChI is InChI=1S/C19H23N5O/c1-4-24-17-8-6-5-7-16(17)22-18(24)12(2)21-19(25)15-9-14(15)13-10-20-23(3)11-13/h5-8,10-12,14-15H,4,9H2,1-3H3,(H,21,25). The van der Waals surface area contributed by atoms with Crippen molar-refractivity contribution in [3.8, 4) is 0 Å². The number of benzene rings is 1. The molecule has 6 heteroatoms. The highest BCUT2D eigenvalue weighted by molar-refractivity contribution is 5.83. The van der Waals surface area contributed by atoms with Gasteiger partial charge in [0, 0.05) is 25.7 Å². The van der Waals surface area contributed by atoms with Gasteiger partial charge in [-0.15, -0.1) is 0 Å². The van der Waals surface area contributed by atoms with Crippen molar-refractivity contribution in [3.63, 3.8) is 0 Å². The van der Waals surface area contributed by atoms with Gasteiger partial charge in [0.2, 0.25) is 5.91 Å². The Morgan fingerprint density at radius 1 is 1.40 bits per heavy atom. The number of imidazole rings is 1. The Balaban J connectivity index is 1.49. The molecule has 0 spiro atoms. The lowest BCUT2D eigenvalue weighted by atomic mass is 10.2. The minimum atomic E-state index is -0.116. The van der Waals surface area contributed by atoms with E-state index in [9.17, 15) is 4.79 Å². The van der Waals surface area contributed by atoms with Crippen LogP contribution in [-0.2, 0) is 18.4 Å². The van der Waals surface area contributed by atoms with Gasteiger partial charge in [-0.3, -0.25) is 9.48 Å².